The number of rotatable bonds is 12. The van der Waals surface area contributed by atoms with Crippen molar-refractivity contribution in [1.82, 2.24) is 4.90 Å². The molecule has 6 heteroatoms. The topological polar surface area (TPSA) is 57.2 Å². The molecule has 0 saturated carbocycles. The monoisotopic (exact) mass is 541 g/mol. The molecule has 0 atom stereocenters. The van der Waals surface area contributed by atoms with Gasteiger partial charge in [0.15, 0.2) is 28.8 Å². The van der Waals surface area contributed by atoms with Crippen LogP contribution in [0.2, 0.25) is 0 Å². The van der Waals surface area contributed by atoms with Crippen molar-refractivity contribution in [2.75, 3.05) is 40.5 Å². The van der Waals surface area contributed by atoms with Gasteiger partial charge < -0.3 is 18.9 Å². The molecular formula is C34H39NO5. The Morgan fingerprint density at radius 2 is 1.20 bits per heavy atom. The number of ketones is 1. The van der Waals surface area contributed by atoms with E-state index in [0.717, 1.165) is 41.7 Å². The van der Waals surface area contributed by atoms with E-state index >= 15 is 0 Å². The van der Waals surface area contributed by atoms with Gasteiger partial charge in [0.25, 0.3) is 0 Å². The number of carbonyl (C=O) groups excluding carboxylic acids is 1. The lowest BCUT2D eigenvalue weighted by molar-refractivity contribution is -0.113. The zero-order chi connectivity index (χ0) is 28.3. The minimum absolute atomic E-state index is 0.0415. The van der Waals surface area contributed by atoms with Crippen LogP contribution in [0.25, 0.3) is 12.2 Å². The Bertz CT molecular complexity index is 1260. The Morgan fingerprint density at radius 3 is 1.65 bits per heavy atom. The summed E-state index contributed by atoms with van der Waals surface area (Å²) in [5, 5.41) is 0. The summed E-state index contributed by atoms with van der Waals surface area (Å²) in [6, 6.07) is 21.9. The zero-order valence-corrected chi connectivity index (χ0v) is 23.9. The first-order valence-electron chi connectivity index (χ1n) is 13.9. The fourth-order valence-electron chi connectivity index (χ4n) is 4.68. The second kappa shape index (κ2) is 14.4. The van der Waals surface area contributed by atoms with Gasteiger partial charge >= 0.3 is 0 Å². The van der Waals surface area contributed by atoms with Crippen molar-refractivity contribution < 1.29 is 23.7 Å². The van der Waals surface area contributed by atoms with Crippen molar-refractivity contribution in [1.29, 1.82) is 0 Å². The molecule has 0 N–H and O–H groups in total. The van der Waals surface area contributed by atoms with Gasteiger partial charge in [-0.1, -0.05) is 56.3 Å². The number of ether oxygens (including phenoxy) is 4. The Kier molecular flexibility index (Phi) is 10.4. The maximum Gasteiger partial charge on any atom is 0.187 e. The first kappa shape index (κ1) is 29.0. The van der Waals surface area contributed by atoms with E-state index in [1.54, 1.807) is 14.2 Å². The number of hydrogen-bond acceptors (Lipinski definition) is 6. The standard InChI is InChI=1S/C34H39NO5/c1-5-16-39-30-14-12-26(20-32(30)37-3)18-28-23-35(22-25-10-8-7-9-11-25)24-29(34(28)36)19-27-13-15-31(40-17-6-2)33(21-27)38-4/h7-15,18-21H,5-6,16-17,22-24H2,1-4H3/b28-18+,29-19+. The summed E-state index contributed by atoms with van der Waals surface area (Å²) in [7, 11) is 3.26. The lowest BCUT2D eigenvalue weighted by Crippen LogP contribution is -2.37. The largest absolute Gasteiger partial charge is 0.493 e. The summed E-state index contributed by atoms with van der Waals surface area (Å²) in [4.78, 5) is 16.1. The smallest absolute Gasteiger partial charge is 0.187 e. The SMILES string of the molecule is CCCOc1ccc(/C=C2\CN(Cc3ccccc3)C/C(=C\c3ccc(OCCC)c(OC)c3)C2=O)cc1OC. The van der Waals surface area contributed by atoms with Crippen LogP contribution in [-0.4, -0.2) is 51.2 Å². The molecule has 1 aliphatic heterocycles. The van der Waals surface area contributed by atoms with E-state index in [1.807, 2.05) is 66.7 Å². The van der Waals surface area contributed by atoms with E-state index in [0.29, 0.717) is 49.3 Å². The molecule has 4 rings (SSSR count). The van der Waals surface area contributed by atoms with E-state index < -0.39 is 0 Å². The van der Waals surface area contributed by atoms with Crippen molar-refractivity contribution >= 4 is 17.9 Å². The molecule has 1 saturated heterocycles. The molecule has 6 nitrogen and oxygen atoms in total. The van der Waals surface area contributed by atoms with Crippen LogP contribution >= 0.6 is 0 Å². The predicted octanol–water partition coefficient (Wildman–Crippen LogP) is 6.83. The molecule has 3 aromatic carbocycles. The summed E-state index contributed by atoms with van der Waals surface area (Å²) in [5.41, 5.74) is 4.45. The fraction of sp³-hybridized carbons (Fsp3) is 0.324. The van der Waals surface area contributed by atoms with Gasteiger partial charge in [0, 0.05) is 30.8 Å². The molecule has 0 amide bonds. The Hall–Kier alpha value is -4.03. The van der Waals surface area contributed by atoms with Crippen LogP contribution in [0.3, 0.4) is 0 Å². The minimum Gasteiger partial charge on any atom is -0.493 e. The molecule has 0 unspecified atom stereocenters. The number of nitrogens with zero attached hydrogens (tertiary/aromatic N) is 1. The van der Waals surface area contributed by atoms with Gasteiger partial charge in [0.2, 0.25) is 0 Å². The number of carbonyl (C=O) groups is 1. The molecule has 0 spiro atoms. The zero-order valence-electron chi connectivity index (χ0n) is 23.9. The number of hydrogen-bond donors (Lipinski definition) is 0. The van der Waals surface area contributed by atoms with Crippen molar-refractivity contribution in [3.63, 3.8) is 0 Å². The van der Waals surface area contributed by atoms with E-state index in [1.165, 1.54) is 5.56 Å². The van der Waals surface area contributed by atoms with Gasteiger partial charge in [-0.05, 0) is 65.9 Å². The molecule has 210 valence electrons. The number of likely N-dealkylation sites (tertiary alicyclic amines) is 1. The molecule has 1 heterocycles. The van der Waals surface area contributed by atoms with Crippen LogP contribution < -0.4 is 18.9 Å². The molecule has 40 heavy (non-hydrogen) atoms. The highest BCUT2D eigenvalue weighted by molar-refractivity contribution is 6.14. The second-order valence-electron chi connectivity index (χ2n) is 9.82. The van der Waals surface area contributed by atoms with Crippen molar-refractivity contribution in [3.05, 3.63) is 94.6 Å². The van der Waals surface area contributed by atoms with Gasteiger partial charge in [-0.25, -0.2) is 0 Å². The fourth-order valence-corrected chi connectivity index (χ4v) is 4.68. The summed E-state index contributed by atoms with van der Waals surface area (Å²) in [6.45, 7) is 7.21. The summed E-state index contributed by atoms with van der Waals surface area (Å²) in [5.74, 6) is 2.75. The van der Waals surface area contributed by atoms with Crippen molar-refractivity contribution in [3.8, 4) is 23.0 Å². The Balaban J connectivity index is 1.67. The second-order valence-corrected chi connectivity index (χ2v) is 9.82. The Morgan fingerprint density at radius 1 is 0.700 bits per heavy atom. The highest BCUT2D eigenvalue weighted by Gasteiger charge is 2.26. The number of Topliss-reactive ketones (excluding diaryl/α,β-unsaturated/α-hetero) is 1. The Labute approximate surface area is 237 Å². The number of methoxy groups -OCH3 is 2. The lowest BCUT2D eigenvalue weighted by Gasteiger charge is -2.30. The maximum atomic E-state index is 13.8. The van der Waals surface area contributed by atoms with Crippen LogP contribution in [0.5, 0.6) is 23.0 Å². The minimum atomic E-state index is 0.0415. The third kappa shape index (κ3) is 7.54. The molecule has 1 aliphatic rings. The van der Waals surface area contributed by atoms with Crippen LogP contribution in [0, 0.1) is 0 Å². The summed E-state index contributed by atoms with van der Waals surface area (Å²) >= 11 is 0. The maximum absolute atomic E-state index is 13.8. The first-order chi connectivity index (χ1) is 19.5. The van der Waals surface area contributed by atoms with E-state index in [4.69, 9.17) is 18.9 Å². The van der Waals surface area contributed by atoms with Crippen LogP contribution in [0.1, 0.15) is 43.4 Å². The van der Waals surface area contributed by atoms with Crippen molar-refractivity contribution in [2.24, 2.45) is 0 Å². The molecule has 0 aliphatic carbocycles. The van der Waals surface area contributed by atoms with Crippen LogP contribution in [0.4, 0.5) is 0 Å². The van der Waals surface area contributed by atoms with Crippen molar-refractivity contribution in [2.45, 2.75) is 33.2 Å². The van der Waals surface area contributed by atoms with Gasteiger partial charge in [-0.2, -0.15) is 0 Å². The van der Waals surface area contributed by atoms with Gasteiger partial charge in [-0.3, -0.25) is 9.69 Å². The molecule has 0 radical (unpaired) electrons. The van der Waals surface area contributed by atoms with Crippen LogP contribution in [-0.2, 0) is 11.3 Å². The number of benzene rings is 3. The van der Waals surface area contributed by atoms with E-state index in [-0.39, 0.29) is 5.78 Å². The third-order valence-corrected chi connectivity index (χ3v) is 6.60. The molecule has 1 fully saturated rings. The predicted molar refractivity (Wildman–Crippen MR) is 160 cm³/mol. The molecule has 3 aromatic rings. The molecule has 0 bridgehead atoms. The lowest BCUT2D eigenvalue weighted by atomic mass is 9.93. The normalized spacial score (nSPS) is 15.8. The first-order valence-corrected chi connectivity index (χ1v) is 13.9. The quantitative estimate of drug-likeness (QED) is 0.234. The molecule has 0 aromatic heterocycles. The van der Waals surface area contributed by atoms with Gasteiger partial charge in [0.05, 0.1) is 27.4 Å². The van der Waals surface area contributed by atoms with E-state index in [9.17, 15) is 4.79 Å². The summed E-state index contributed by atoms with van der Waals surface area (Å²) < 4.78 is 22.8. The molecular weight excluding hydrogens is 502 g/mol. The average Bonchev–Trinajstić information content (AvgIpc) is 2.98. The number of piperidine rings is 1. The summed E-state index contributed by atoms with van der Waals surface area (Å²) in [6.07, 6.45) is 5.75. The van der Waals surface area contributed by atoms with Crippen LogP contribution in [0.15, 0.2) is 77.9 Å². The van der Waals surface area contributed by atoms with Gasteiger partial charge in [0.1, 0.15) is 0 Å². The van der Waals surface area contributed by atoms with Gasteiger partial charge in [-0.15, -0.1) is 0 Å². The average molecular weight is 542 g/mol. The highest BCUT2D eigenvalue weighted by Crippen LogP contribution is 2.32. The van der Waals surface area contributed by atoms with E-state index in [2.05, 4.69) is 30.9 Å². The highest BCUT2D eigenvalue weighted by atomic mass is 16.5. The third-order valence-electron chi connectivity index (χ3n) is 6.60.